The number of nitrogens with one attached hydrogen (secondary N) is 1. The van der Waals surface area contributed by atoms with E-state index in [0.29, 0.717) is 16.7 Å². The van der Waals surface area contributed by atoms with E-state index in [2.05, 4.69) is 17.2 Å². The van der Waals surface area contributed by atoms with Crippen LogP contribution in [0.3, 0.4) is 0 Å². The molecule has 0 bridgehead atoms. The summed E-state index contributed by atoms with van der Waals surface area (Å²) >= 11 is 5.77. The summed E-state index contributed by atoms with van der Waals surface area (Å²) < 4.78 is 5.36. The standard InChI is InChI=1S/C11H18ClN3O/c1-2-7-16-8-3-6-14-11-9(13)4-5-10(12)15-11/h4-5H,2-3,6-8,13H2,1H3,(H,14,15). The number of rotatable bonds is 7. The van der Waals surface area contributed by atoms with Gasteiger partial charge in [0.2, 0.25) is 0 Å². The summed E-state index contributed by atoms with van der Waals surface area (Å²) in [5, 5.41) is 3.57. The molecule has 0 atom stereocenters. The molecule has 0 saturated heterocycles. The maximum atomic E-state index is 5.77. The van der Waals surface area contributed by atoms with Gasteiger partial charge in [-0.1, -0.05) is 18.5 Å². The van der Waals surface area contributed by atoms with Gasteiger partial charge in [-0.05, 0) is 25.0 Å². The van der Waals surface area contributed by atoms with Gasteiger partial charge in [0.15, 0.2) is 5.82 Å². The molecule has 16 heavy (non-hydrogen) atoms. The average molecular weight is 244 g/mol. The molecule has 0 aliphatic rings. The normalized spacial score (nSPS) is 10.4. The minimum absolute atomic E-state index is 0.443. The molecule has 0 unspecified atom stereocenters. The van der Waals surface area contributed by atoms with Crippen molar-refractivity contribution in [2.45, 2.75) is 19.8 Å². The van der Waals surface area contributed by atoms with Crippen molar-refractivity contribution in [1.82, 2.24) is 4.98 Å². The van der Waals surface area contributed by atoms with E-state index in [1.165, 1.54) is 0 Å². The van der Waals surface area contributed by atoms with Gasteiger partial charge < -0.3 is 15.8 Å². The van der Waals surface area contributed by atoms with E-state index in [-0.39, 0.29) is 0 Å². The monoisotopic (exact) mass is 243 g/mol. The average Bonchev–Trinajstić information content (AvgIpc) is 2.28. The first-order valence-electron chi connectivity index (χ1n) is 5.47. The smallest absolute Gasteiger partial charge is 0.150 e. The molecule has 0 spiro atoms. The Kier molecular flexibility index (Phi) is 5.96. The number of pyridine rings is 1. The van der Waals surface area contributed by atoms with Crippen LogP contribution in [-0.4, -0.2) is 24.7 Å². The van der Waals surface area contributed by atoms with E-state index in [9.17, 15) is 0 Å². The van der Waals surface area contributed by atoms with Crippen molar-refractivity contribution in [3.05, 3.63) is 17.3 Å². The Morgan fingerprint density at radius 2 is 2.25 bits per heavy atom. The molecule has 0 aliphatic heterocycles. The third-order valence-electron chi connectivity index (χ3n) is 2.00. The number of aromatic nitrogens is 1. The summed E-state index contributed by atoms with van der Waals surface area (Å²) in [4.78, 5) is 4.10. The van der Waals surface area contributed by atoms with Gasteiger partial charge in [0.1, 0.15) is 5.15 Å². The van der Waals surface area contributed by atoms with E-state index in [4.69, 9.17) is 22.1 Å². The molecular weight excluding hydrogens is 226 g/mol. The fraction of sp³-hybridized carbons (Fsp3) is 0.545. The Bertz CT molecular complexity index is 320. The lowest BCUT2D eigenvalue weighted by molar-refractivity contribution is 0.134. The second-order valence-electron chi connectivity index (χ2n) is 3.46. The van der Waals surface area contributed by atoms with E-state index in [0.717, 1.165) is 32.6 Å². The number of nitrogen functional groups attached to an aromatic ring is 1. The zero-order chi connectivity index (χ0) is 11.8. The Hall–Kier alpha value is -1.00. The molecule has 3 N–H and O–H groups in total. The molecule has 0 saturated carbocycles. The number of anilines is 2. The SMILES string of the molecule is CCCOCCCNc1nc(Cl)ccc1N. The molecule has 90 valence electrons. The van der Waals surface area contributed by atoms with Crippen LogP contribution in [0.25, 0.3) is 0 Å². The van der Waals surface area contributed by atoms with Gasteiger partial charge in [0.05, 0.1) is 5.69 Å². The number of hydrogen-bond acceptors (Lipinski definition) is 4. The minimum atomic E-state index is 0.443. The maximum Gasteiger partial charge on any atom is 0.150 e. The highest BCUT2D eigenvalue weighted by Gasteiger charge is 2.00. The molecule has 0 aromatic carbocycles. The van der Waals surface area contributed by atoms with Crippen LogP contribution in [0.5, 0.6) is 0 Å². The number of nitrogens with zero attached hydrogens (tertiary/aromatic N) is 1. The maximum absolute atomic E-state index is 5.77. The van der Waals surface area contributed by atoms with Crippen LogP contribution in [-0.2, 0) is 4.74 Å². The summed E-state index contributed by atoms with van der Waals surface area (Å²) in [5.41, 5.74) is 6.35. The Morgan fingerprint density at radius 1 is 1.44 bits per heavy atom. The third-order valence-corrected chi connectivity index (χ3v) is 2.21. The number of ether oxygens (including phenoxy) is 1. The Balaban J connectivity index is 2.23. The van der Waals surface area contributed by atoms with Crippen LogP contribution < -0.4 is 11.1 Å². The predicted octanol–water partition coefficient (Wildman–Crippen LogP) is 2.55. The largest absolute Gasteiger partial charge is 0.396 e. The zero-order valence-electron chi connectivity index (χ0n) is 9.50. The first-order valence-corrected chi connectivity index (χ1v) is 5.85. The van der Waals surface area contributed by atoms with Crippen molar-refractivity contribution < 1.29 is 4.74 Å². The molecule has 1 heterocycles. The van der Waals surface area contributed by atoms with Crippen molar-refractivity contribution in [1.29, 1.82) is 0 Å². The molecule has 0 amide bonds. The van der Waals surface area contributed by atoms with Crippen molar-refractivity contribution in [2.75, 3.05) is 30.8 Å². The Morgan fingerprint density at radius 3 is 3.00 bits per heavy atom. The van der Waals surface area contributed by atoms with E-state index < -0.39 is 0 Å². The molecule has 1 aromatic heterocycles. The summed E-state index contributed by atoms with van der Waals surface area (Å²) in [6, 6.07) is 3.41. The minimum Gasteiger partial charge on any atom is -0.396 e. The van der Waals surface area contributed by atoms with Crippen LogP contribution in [0.15, 0.2) is 12.1 Å². The van der Waals surface area contributed by atoms with Gasteiger partial charge in [0, 0.05) is 19.8 Å². The van der Waals surface area contributed by atoms with Crippen LogP contribution in [0.2, 0.25) is 5.15 Å². The molecule has 4 nitrogen and oxygen atoms in total. The highest BCUT2D eigenvalue weighted by atomic mass is 35.5. The summed E-state index contributed by atoms with van der Waals surface area (Å²) in [6.45, 7) is 4.44. The van der Waals surface area contributed by atoms with Crippen LogP contribution >= 0.6 is 11.6 Å². The lowest BCUT2D eigenvalue weighted by Crippen LogP contribution is -2.09. The molecular formula is C11H18ClN3O. The fourth-order valence-corrected chi connectivity index (χ4v) is 1.36. The third kappa shape index (κ3) is 4.68. The summed E-state index contributed by atoms with van der Waals surface area (Å²) in [5.74, 6) is 0.642. The van der Waals surface area contributed by atoms with Gasteiger partial charge in [-0.15, -0.1) is 0 Å². The lowest BCUT2D eigenvalue weighted by atomic mass is 10.3. The van der Waals surface area contributed by atoms with Gasteiger partial charge in [0.25, 0.3) is 0 Å². The molecule has 0 fully saturated rings. The molecule has 1 aromatic rings. The number of hydrogen-bond donors (Lipinski definition) is 2. The van der Waals surface area contributed by atoms with Crippen LogP contribution in [0, 0.1) is 0 Å². The summed E-state index contributed by atoms with van der Waals surface area (Å²) in [7, 11) is 0. The number of halogens is 1. The predicted molar refractivity (Wildman–Crippen MR) is 67.9 cm³/mol. The number of nitrogens with two attached hydrogens (primary N) is 1. The Labute approximate surface area is 101 Å². The first-order chi connectivity index (χ1) is 7.74. The van der Waals surface area contributed by atoms with E-state index in [1.807, 2.05) is 0 Å². The van der Waals surface area contributed by atoms with E-state index in [1.54, 1.807) is 12.1 Å². The van der Waals surface area contributed by atoms with Crippen molar-refractivity contribution in [2.24, 2.45) is 0 Å². The highest BCUT2D eigenvalue weighted by Crippen LogP contribution is 2.17. The molecule has 0 radical (unpaired) electrons. The molecule has 1 rings (SSSR count). The van der Waals surface area contributed by atoms with Gasteiger partial charge in [-0.3, -0.25) is 0 Å². The topological polar surface area (TPSA) is 60.2 Å². The lowest BCUT2D eigenvalue weighted by Gasteiger charge is -2.08. The van der Waals surface area contributed by atoms with E-state index >= 15 is 0 Å². The second-order valence-corrected chi connectivity index (χ2v) is 3.85. The second kappa shape index (κ2) is 7.30. The highest BCUT2D eigenvalue weighted by molar-refractivity contribution is 6.29. The summed E-state index contributed by atoms with van der Waals surface area (Å²) in [6.07, 6.45) is 1.98. The van der Waals surface area contributed by atoms with Crippen molar-refractivity contribution in [3.63, 3.8) is 0 Å². The quantitative estimate of drug-likeness (QED) is 0.571. The van der Waals surface area contributed by atoms with Gasteiger partial charge >= 0.3 is 0 Å². The fourth-order valence-electron chi connectivity index (χ4n) is 1.22. The molecule has 0 aliphatic carbocycles. The van der Waals surface area contributed by atoms with Crippen LogP contribution in [0.1, 0.15) is 19.8 Å². The zero-order valence-corrected chi connectivity index (χ0v) is 10.3. The van der Waals surface area contributed by atoms with Crippen LogP contribution in [0.4, 0.5) is 11.5 Å². The van der Waals surface area contributed by atoms with Crippen molar-refractivity contribution >= 4 is 23.1 Å². The van der Waals surface area contributed by atoms with Crippen molar-refractivity contribution in [3.8, 4) is 0 Å². The van der Waals surface area contributed by atoms with Gasteiger partial charge in [-0.25, -0.2) is 4.98 Å². The van der Waals surface area contributed by atoms with Gasteiger partial charge in [-0.2, -0.15) is 0 Å². The first kappa shape index (κ1) is 13.1. The molecule has 5 heteroatoms.